The van der Waals surface area contributed by atoms with Gasteiger partial charge in [-0.3, -0.25) is 4.79 Å². The third-order valence-corrected chi connectivity index (χ3v) is 8.89. The fourth-order valence-corrected chi connectivity index (χ4v) is 6.56. The summed E-state index contributed by atoms with van der Waals surface area (Å²) in [6.45, 7) is 1.30. The first-order valence-corrected chi connectivity index (χ1v) is 16.0. The molecule has 0 bridgehead atoms. The van der Waals surface area contributed by atoms with E-state index in [4.69, 9.17) is 10.1 Å². The van der Waals surface area contributed by atoms with Gasteiger partial charge in [0.25, 0.3) is 5.91 Å². The number of halogens is 1. The minimum absolute atomic E-state index is 0.159. The van der Waals surface area contributed by atoms with E-state index in [2.05, 4.69) is 25.9 Å². The maximum absolute atomic E-state index is 14.0. The van der Waals surface area contributed by atoms with Gasteiger partial charge in [-0.15, -0.1) is 0 Å². The zero-order valence-corrected chi connectivity index (χ0v) is 25.3. The van der Waals surface area contributed by atoms with Gasteiger partial charge >= 0.3 is 0 Å². The molecular weight excluding hydrogens is 569 g/mol. The first-order valence-electron chi connectivity index (χ1n) is 16.0. The largest absolute Gasteiger partial charge is 0.367 e. The van der Waals surface area contributed by atoms with Crippen molar-refractivity contribution in [3.63, 3.8) is 0 Å². The molecule has 0 atom stereocenters. The molecular formula is C34H38FN9O. The number of fused-ring (bicyclic) bond motifs is 1. The second-order valence-corrected chi connectivity index (χ2v) is 12.1. The average molecular weight is 608 g/mol. The lowest BCUT2D eigenvalue weighted by Gasteiger charge is -2.18. The Balaban J connectivity index is 1.29. The number of carbonyl (C=O) groups is 1. The zero-order valence-electron chi connectivity index (χ0n) is 25.3. The molecule has 1 amide bonds. The highest BCUT2D eigenvalue weighted by Crippen LogP contribution is 2.37. The van der Waals surface area contributed by atoms with Crippen molar-refractivity contribution in [3.8, 4) is 22.5 Å². The predicted molar refractivity (Wildman–Crippen MR) is 173 cm³/mol. The summed E-state index contributed by atoms with van der Waals surface area (Å²) in [6, 6.07) is 12.6. The monoisotopic (exact) mass is 607 g/mol. The molecule has 3 N–H and O–H groups in total. The van der Waals surface area contributed by atoms with E-state index in [9.17, 15) is 9.18 Å². The van der Waals surface area contributed by atoms with Gasteiger partial charge in [-0.05, 0) is 74.6 Å². The fraction of sp³-hybridized carbons (Fsp3) is 0.382. The van der Waals surface area contributed by atoms with Gasteiger partial charge in [-0.1, -0.05) is 25.7 Å². The van der Waals surface area contributed by atoms with E-state index in [-0.39, 0.29) is 17.8 Å². The number of anilines is 2. The van der Waals surface area contributed by atoms with Crippen LogP contribution in [0.2, 0.25) is 0 Å². The number of pyridine rings is 1. The molecule has 2 fully saturated rings. The molecule has 11 heteroatoms. The highest BCUT2D eigenvalue weighted by atomic mass is 19.1. The molecule has 4 aromatic heterocycles. The Morgan fingerprint density at radius 1 is 0.911 bits per heavy atom. The summed E-state index contributed by atoms with van der Waals surface area (Å²) in [4.78, 5) is 27.2. The molecule has 7 rings (SSSR count). The molecule has 0 aliphatic heterocycles. The maximum atomic E-state index is 14.0. The summed E-state index contributed by atoms with van der Waals surface area (Å²) in [7, 11) is 0. The van der Waals surface area contributed by atoms with Crippen molar-refractivity contribution in [3.05, 3.63) is 78.8 Å². The van der Waals surface area contributed by atoms with Gasteiger partial charge in [0.15, 0.2) is 0 Å². The van der Waals surface area contributed by atoms with E-state index in [1.165, 1.54) is 25.0 Å². The number of benzene rings is 1. The van der Waals surface area contributed by atoms with Crippen LogP contribution >= 0.6 is 0 Å². The Bertz CT molecular complexity index is 1750. The van der Waals surface area contributed by atoms with Crippen LogP contribution in [0.5, 0.6) is 0 Å². The van der Waals surface area contributed by atoms with Gasteiger partial charge in [-0.2, -0.15) is 5.10 Å². The van der Waals surface area contributed by atoms with Gasteiger partial charge in [0.2, 0.25) is 5.95 Å². The number of aromatic nitrogens is 6. The van der Waals surface area contributed by atoms with E-state index in [0.29, 0.717) is 41.3 Å². The summed E-state index contributed by atoms with van der Waals surface area (Å²) >= 11 is 0. The topological polar surface area (TPSA) is 114 Å². The molecule has 0 radical (unpaired) electrons. The molecule has 2 aliphatic rings. The summed E-state index contributed by atoms with van der Waals surface area (Å²) in [5.74, 6) is 0.762. The molecule has 0 spiro atoms. The number of aryl methyl sites for hydroxylation is 1. The molecule has 4 heterocycles. The van der Waals surface area contributed by atoms with Crippen LogP contribution < -0.4 is 16.0 Å². The summed E-state index contributed by atoms with van der Waals surface area (Å²) in [5, 5.41) is 15.4. The van der Waals surface area contributed by atoms with E-state index in [0.717, 1.165) is 68.1 Å². The first kappa shape index (κ1) is 28.9. The van der Waals surface area contributed by atoms with Crippen molar-refractivity contribution in [2.24, 2.45) is 0 Å². The average Bonchev–Trinajstić information content (AvgIpc) is 3.88. The molecule has 1 aromatic carbocycles. The number of hydrogen-bond donors (Lipinski definition) is 3. The van der Waals surface area contributed by atoms with Crippen molar-refractivity contribution < 1.29 is 9.18 Å². The van der Waals surface area contributed by atoms with Crippen LogP contribution in [0.15, 0.2) is 67.4 Å². The lowest BCUT2D eigenvalue weighted by Crippen LogP contribution is -2.28. The second-order valence-electron chi connectivity index (χ2n) is 12.1. The van der Waals surface area contributed by atoms with Crippen molar-refractivity contribution >= 4 is 23.2 Å². The lowest BCUT2D eigenvalue weighted by molar-refractivity contribution is 0.0953. The number of carbonyl (C=O) groups excluding carboxylic acids is 1. The van der Waals surface area contributed by atoms with E-state index in [1.807, 2.05) is 33.5 Å². The third kappa shape index (κ3) is 6.38. The first-order chi connectivity index (χ1) is 22.1. The zero-order chi connectivity index (χ0) is 30.6. The Labute approximate surface area is 261 Å². The molecule has 5 aromatic rings. The summed E-state index contributed by atoms with van der Waals surface area (Å²) < 4.78 is 17.8. The molecule has 0 unspecified atom stereocenters. The van der Waals surface area contributed by atoms with Crippen molar-refractivity contribution in [1.82, 2.24) is 34.4 Å². The molecule has 232 valence electrons. The number of hydrogen-bond acceptors (Lipinski definition) is 7. The smallest absolute Gasteiger partial charge is 0.255 e. The number of nitrogens with zero attached hydrogens (tertiary/aromatic N) is 6. The Morgan fingerprint density at radius 2 is 1.67 bits per heavy atom. The van der Waals surface area contributed by atoms with E-state index in [1.54, 1.807) is 30.9 Å². The molecule has 0 saturated heterocycles. The van der Waals surface area contributed by atoms with Crippen molar-refractivity contribution in [2.75, 3.05) is 17.2 Å². The molecule has 2 aliphatic carbocycles. The predicted octanol–water partition coefficient (Wildman–Crippen LogP) is 6.32. The van der Waals surface area contributed by atoms with Gasteiger partial charge in [-0.25, -0.2) is 23.9 Å². The quantitative estimate of drug-likeness (QED) is 0.151. The fourth-order valence-electron chi connectivity index (χ4n) is 6.56. The van der Waals surface area contributed by atoms with Crippen LogP contribution in [-0.2, 0) is 6.54 Å². The Kier molecular flexibility index (Phi) is 8.39. The van der Waals surface area contributed by atoms with Gasteiger partial charge in [0.1, 0.15) is 17.3 Å². The Morgan fingerprint density at radius 3 is 2.40 bits per heavy atom. The molecule has 2 saturated carbocycles. The number of imidazole rings is 1. The normalized spacial score (nSPS) is 15.6. The number of rotatable bonds is 11. The van der Waals surface area contributed by atoms with Crippen LogP contribution in [-0.4, -0.2) is 53.7 Å². The van der Waals surface area contributed by atoms with E-state index >= 15 is 0 Å². The standard InChI is InChI=1S/C34H38FN9O/c35-24-12-10-23(11-13-24)31-30(28-16-18-38-34(41-28)40-26-8-3-4-9-26)29-15-14-27(32(44(29)42-31)39-25-6-1-2-7-25)33(45)37-17-5-20-43-21-19-36-22-43/h10-16,18-19,21-22,25-26,39H,1-9,17,20H2,(H,37,45)(H,38,40,41). The number of nitrogens with one attached hydrogen (secondary N) is 3. The lowest BCUT2D eigenvalue weighted by atomic mass is 10.0. The van der Waals surface area contributed by atoms with Crippen LogP contribution in [0.4, 0.5) is 16.2 Å². The van der Waals surface area contributed by atoms with Crippen molar-refractivity contribution in [1.29, 1.82) is 0 Å². The third-order valence-electron chi connectivity index (χ3n) is 8.89. The molecule has 45 heavy (non-hydrogen) atoms. The van der Waals surface area contributed by atoms with Crippen LogP contribution in [0.25, 0.3) is 28.0 Å². The van der Waals surface area contributed by atoms with Gasteiger partial charge in [0.05, 0.1) is 28.7 Å². The highest BCUT2D eigenvalue weighted by molar-refractivity contribution is 6.01. The minimum atomic E-state index is -0.315. The Hall–Kier alpha value is -4.80. The van der Waals surface area contributed by atoms with Crippen LogP contribution in [0.1, 0.15) is 68.1 Å². The summed E-state index contributed by atoms with van der Waals surface area (Å²) in [5.41, 5.74) is 4.27. The molecule has 10 nitrogen and oxygen atoms in total. The van der Waals surface area contributed by atoms with Crippen molar-refractivity contribution in [2.45, 2.75) is 76.4 Å². The van der Waals surface area contributed by atoms with Crippen LogP contribution in [0.3, 0.4) is 0 Å². The van der Waals surface area contributed by atoms with Gasteiger partial charge < -0.3 is 20.5 Å². The maximum Gasteiger partial charge on any atom is 0.255 e. The number of amides is 1. The summed E-state index contributed by atoms with van der Waals surface area (Å²) in [6.07, 6.45) is 17.0. The minimum Gasteiger partial charge on any atom is -0.367 e. The highest BCUT2D eigenvalue weighted by Gasteiger charge is 2.26. The van der Waals surface area contributed by atoms with Gasteiger partial charge in [0, 0.05) is 49.3 Å². The SMILES string of the molecule is O=C(NCCCn1ccnc1)c1ccc2c(-c3ccnc(NC4CCCC4)n3)c(-c3ccc(F)cc3)nn2c1NC1CCCC1. The van der Waals surface area contributed by atoms with E-state index < -0.39 is 0 Å². The second kappa shape index (κ2) is 13.1. The van der Waals surface area contributed by atoms with Crippen LogP contribution in [0, 0.1) is 5.82 Å².